The van der Waals surface area contributed by atoms with Gasteiger partial charge in [-0.25, -0.2) is 4.79 Å². The van der Waals surface area contributed by atoms with Gasteiger partial charge in [0.05, 0.1) is 17.9 Å². The smallest absolute Gasteiger partial charge is 0.332 e. The normalized spacial score (nSPS) is 14.2. The zero-order chi connectivity index (χ0) is 23.2. The van der Waals surface area contributed by atoms with Crippen molar-refractivity contribution < 1.29 is 4.79 Å². The molecule has 0 atom stereocenters. The van der Waals surface area contributed by atoms with E-state index in [2.05, 4.69) is 34.7 Å². The third-order valence-electron chi connectivity index (χ3n) is 5.89. The van der Waals surface area contributed by atoms with Crippen LogP contribution in [-0.2, 0) is 20.1 Å². The molecule has 1 aromatic carbocycles. The average molecular weight is 434 g/mol. The summed E-state index contributed by atoms with van der Waals surface area (Å²) in [5.74, 6) is -0.130. The molecular weight excluding hydrogens is 406 g/mol. The number of anilines is 1. The van der Waals surface area contributed by atoms with Gasteiger partial charge in [-0.2, -0.15) is 5.10 Å². The lowest BCUT2D eigenvalue weighted by Crippen LogP contribution is -2.40. The van der Waals surface area contributed by atoms with Crippen LogP contribution in [0.1, 0.15) is 51.8 Å². The molecule has 1 N–H and O–H groups in total. The van der Waals surface area contributed by atoms with E-state index in [-0.39, 0.29) is 17.1 Å². The number of carbonyl (C=O) groups excluding carboxylic acids is 1. The maximum atomic E-state index is 13.1. The summed E-state index contributed by atoms with van der Waals surface area (Å²) < 4.78 is 4.36. The van der Waals surface area contributed by atoms with Gasteiger partial charge in [0, 0.05) is 24.8 Å². The fourth-order valence-corrected chi connectivity index (χ4v) is 4.04. The van der Waals surface area contributed by atoms with Crippen LogP contribution in [-0.4, -0.2) is 24.7 Å². The molecule has 0 aliphatic carbocycles. The van der Waals surface area contributed by atoms with Crippen molar-refractivity contribution in [1.82, 2.24) is 18.9 Å². The van der Waals surface area contributed by atoms with Gasteiger partial charge >= 0.3 is 5.69 Å². The van der Waals surface area contributed by atoms with Crippen molar-refractivity contribution in [2.24, 2.45) is 7.05 Å². The first-order valence-corrected chi connectivity index (χ1v) is 10.7. The number of Topliss-reactive ketones (excluding diaryl/α,β-unsaturated/α-hetero) is 1. The second-order valence-corrected chi connectivity index (χ2v) is 8.26. The maximum Gasteiger partial charge on any atom is 0.332 e. The molecule has 0 saturated heterocycles. The average Bonchev–Trinajstić information content (AvgIpc) is 3.22. The molecule has 4 rings (SSSR count). The van der Waals surface area contributed by atoms with Gasteiger partial charge in [-0.05, 0) is 38.8 Å². The molecule has 8 heteroatoms. The highest BCUT2D eigenvalue weighted by molar-refractivity contribution is 6.19. The van der Waals surface area contributed by atoms with E-state index in [0.717, 1.165) is 27.1 Å². The fraction of sp³-hybridized carbons (Fsp3) is 0.333. The number of aryl methyl sites for hydroxylation is 2. The van der Waals surface area contributed by atoms with Gasteiger partial charge in [0.1, 0.15) is 11.4 Å². The Morgan fingerprint density at radius 1 is 1.06 bits per heavy atom. The number of nitrogens with zero attached hydrogens (tertiary/aromatic N) is 4. The van der Waals surface area contributed by atoms with Crippen LogP contribution in [0, 0.1) is 20.8 Å². The molecular formula is C24H27N5O3. The lowest BCUT2D eigenvalue weighted by atomic mass is 10.1. The van der Waals surface area contributed by atoms with Crippen LogP contribution in [0.25, 0.3) is 6.08 Å². The molecule has 0 bridgehead atoms. The molecule has 2 aromatic heterocycles. The number of ketones is 1. The van der Waals surface area contributed by atoms with E-state index in [4.69, 9.17) is 0 Å². The van der Waals surface area contributed by atoms with Crippen LogP contribution < -0.4 is 16.6 Å². The first kappa shape index (κ1) is 21.5. The summed E-state index contributed by atoms with van der Waals surface area (Å²) in [7, 11) is 1.40. The minimum absolute atomic E-state index is 0.00848. The van der Waals surface area contributed by atoms with Gasteiger partial charge in [-0.15, -0.1) is 0 Å². The summed E-state index contributed by atoms with van der Waals surface area (Å²) in [4.78, 5) is 38.3. The summed E-state index contributed by atoms with van der Waals surface area (Å²) in [6.07, 6.45) is 2.43. The Morgan fingerprint density at radius 3 is 2.41 bits per heavy atom. The predicted octanol–water partition coefficient (Wildman–Crippen LogP) is 2.78. The summed E-state index contributed by atoms with van der Waals surface area (Å²) >= 11 is 0. The number of aromatic nitrogens is 4. The van der Waals surface area contributed by atoms with Gasteiger partial charge in [0.15, 0.2) is 0 Å². The number of allylic oxidation sites excluding steroid dienone is 1. The molecule has 166 valence electrons. The van der Waals surface area contributed by atoms with Crippen molar-refractivity contribution in [1.29, 1.82) is 0 Å². The van der Waals surface area contributed by atoms with Gasteiger partial charge in [0.25, 0.3) is 5.56 Å². The van der Waals surface area contributed by atoms with E-state index in [1.165, 1.54) is 17.2 Å². The van der Waals surface area contributed by atoms with E-state index >= 15 is 0 Å². The topological polar surface area (TPSA) is 90.9 Å². The largest absolute Gasteiger partial charge is 0.338 e. The lowest BCUT2D eigenvalue weighted by molar-refractivity contribution is 0.104. The molecule has 0 unspecified atom stereocenters. The third kappa shape index (κ3) is 3.51. The van der Waals surface area contributed by atoms with Crippen molar-refractivity contribution in [3.63, 3.8) is 0 Å². The number of nitrogens with one attached hydrogen (secondary N) is 1. The summed E-state index contributed by atoms with van der Waals surface area (Å²) in [6, 6.07) is 8.29. The predicted molar refractivity (Wildman–Crippen MR) is 124 cm³/mol. The van der Waals surface area contributed by atoms with Gasteiger partial charge in [0.2, 0.25) is 5.78 Å². The van der Waals surface area contributed by atoms with Gasteiger partial charge in [-0.1, -0.05) is 36.8 Å². The van der Waals surface area contributed by atoms with Crippen molar-refractivity contribution in [2.45, 2.75) is 47.2 Å². The Bertz CT molecular complexity index is 1370. The zero-order valence-electron chi connectivity index (χ0n) is 19.0. The Balaban J connectivity index is 1.74. The van der Waals surface area contributed by atoms with Crippen molar-refractivity contribution in [3.05, 3.63) is 84.4 Å². The van der Waals surface area contributed by atoms with E-state index < -0.39 is 17.0 Å². The van der Waals surface area contributed by atoms with E-state index in [9.17, 15) is 14.4 Å². The molecule has 8 nitrogen and oxygen atoms in total. The van der Waals surface area contributed by atoms with E-state index in [1.807, 2.05) is 32.4 Å². The maximum absolute atomic E-state index is 13.1. The highest BCUT2D eigenvalue weighted by Gasteiger charge is 2.32. The minimum Gasteiger partial charge on any atom is -0.338 e. The SMILES string of the molecule is CCCn1c2c(c(=O)n(C)c1=O)C(=O)/C(=C/c1c(C)nn(Cc3ccc(C)cc3)c1C)N2. The molecule has 3 aromatic rings. The van der Waals surface area contributed by atoms with E-state index in [0.29, 0.717) is 19.5 Å². The minimum atomic E-state index is -0.582. The molecule has 0 spiro atoms. The van der Waals surface area contributed by atoms with E-state index in [1.54, 1.807) is 6.08 Å². The van der Waals surface area contributed by atoms with Crippen LogP contribution in [0.3, 0.4) is 0 Å². The first-order chi connectivity index (χ1) is 15.2. The first-order valence-electron chi connectivity index (χ1n) is 10.7. The Kier molecular flexibility index (Phi) is 5.46. The molecule has 1 aliphatic heterocycles. The highest BCUT2D eigenvalue weighted by atomic mass is 16.2. The highest BCUT2D eigenvalue weighted by Crippen LogP contribution is 2.27. The van der Waals surface area contributed by atoms with Crippen molar-refractivity contribution in [3.8, 4) is 0 Å². The monoisotopic (exact) mass is 433 g/mol. The second-order valence-electron chi connectivity index (χ2n) is 8.26. The van der Waals surface area contributed by atoms with Crippen LogP contribution in [0.2, 0.25) is 0 Å². The standard InChI is InChI=1S/C24H27N5O3/c1-6-11-28-22-20(23(31)27(5)24(28)32)21(30)19(25-22)12-18-15(3)26-29(16(18)4)13-17-9-7-14(2)8-10-17/h7-10,12,25H,6,11,13H2,1-5H3/b19-12-. The number of rotatable bonds is 5. The number of fused-ring (bicyclic) bond motifs is 1. The Hall–Kier alpha value is -3.68. The van der Waals surface area contributed by atoms with Crippen LogP contribution in [0.4, 0.5) is 5.82 Å². The number of hydrogen-bond acceptors (Lipinski definition) is 5. The molecule has 32 heavy (non-hydrogen) atoms. The second kappa shape index (κ2) is 8.11. The molecule has 0 amide bonds. The molecule has 1 aliphatic rings. The lowest BCUT2D eigenvalue weighted by Gasteiger charge is -2.11. The molecule has 0 saturated carbocycles. The van der Waals surface area contributed by atoms with Gasteiger partial charge < -0.3 is 5.32 Å². The Morgan fingerprint density at radius 2 is 1.75 bits per heavy atom. The zero-order valence-corrected chi connectivity index (χ0v) is 19.0. The van der Waals surface area contributed by atoms with Crippen molar-refractivity contribution in [2.75, 3.05) is 5.32 Å². The summed E-state index contributed by atoms with van der Waals surface area (Å²) in [5.41, 5.74) is 4.12. The number of hydrogen-bond donors (Lipinski definition) is 1. The van der Waals surface area contributed by atoms with Crippen LogP contribution in [0.5, 0.6) is 0 Å². The quantitative estimate of drug-likeness (QED) is 0.625. The fourth-order valence-electron chi connectivity index (χ4n) is 4.04. The Labute approximate surface area is 185 Å². The number of carbonyl (C=O) groups is 1. The van der Waals surface area contributed by atoms with Crippen LogP contribution in [0.15, 0.2) is 39.6 Å². The molecule has 0 radical (unpaired) electrons. The summed E-state index contributed by atoms with van der Waals surface area (Å²) in [6.45, 7) is 8.87. The van der Waals surface area contributed by atoms with Crippen molar-refractivity contribution >= 4 is 17.7 Å². The van der Waals surface area contributed by atoms with Crippen LogP contribution >= 0.6 is 0 Å². The summed E-state index contributed by atoms with van der Waals surface area (Å²) in [5, 5.41) is 7.69. The number of benzene rings is 1. The molecule has 3 heterocycles. The third-order valence-corrected chi connectivity index (χ3v) is 5.89. The molecule has 0 fully saturated rings. The van der Waals surface area contributed by atoms with Gasteiger partial charge in [-0.3, -0.25) is 23.4 Å².